The maximum absolute atomic E-state index is 13.2. The molecule has 0 fully saturated rings. The number of nitrogens with one attached hydrogen (secondary N) is 1. The SMILES string of the molecule is CCCCn1nc(-c2nc(N)c3c(n2)NC(=O)C3(C)c2ccc(CCC(=O)O)cc2)c2cccnc21. The van der Waals surface area contributed by atoms with Gasteiger partial charge in [-0.3, -0.25) is 9.59 Å². The van der Waals surface area contributed by atoms with Crippen LogP contribution in [0.15, 0.2) is 42.6 Å². The van der Waals surface area contributed by atoms with Gasteiger partial charge in [0.05, 0.1) is 10.9 Å². The monoisotopic (exact) mass is 485 g/mol. The largest absolute Gasteiger partial charge is 0.481 e. The maximum atomic E-state index is 13.2. The number of carbonyl (C=O) groups is 2. The maximum Gasteiger partial charge on any atom is 0.303 e. The molecule has 0 aliphatic carbocycles. The van der Waals surface area contributed by atoms with Gasteiger partial charge in [0.2, 0.25) is 5.91 Å². The van der Waals surface area contributed by atoms with Gasteiger partial charge < -0.3 is 16.2 Å². The van der Waals surface area contributed by atoms with E-state index in [4.69, 9.17) is 15.9 Å². The number of hydrogen-bond donors (Lipinski definition) is 3. The summed E-state index contributed by atoms with van der Waals surface area (Å²) in [4.78, 5) is 37.9. The van der Waals surface area contributed by atoms with Crippen molar-refractivity contribution >= 4 is 34.5 Å². The van der Waals surface area contributed by atoms with Crippen molar-refractivity contribution in [2.75, 3.05) is 11.1 Å². The van der Waals surface area contributed by atoms with Crippen molar-refractivity contribution in [3.63, 3.8) is 0 Å². The van der Waals surface area contributed by atoms with Gasteiger partial charge >= 0.3 is 5.97 Å². The topological polar surface area (TPSA) is 149 Å². The average molecular weight is 486 g/mol. The Bertz CT molecular complexity index is 1480. The van der Waals surface area contributed by atoms with Crippen LogP contribution in [0.2, 0.25) is 0 Å². The number of unbranched alkanes of at least 4 members (excludes halogenated alkanes) is 1. The lowest BCUT2D eigenvalue weighted by atomic mass is 9.77. The zero-order chi connectivity index (χ0) is 25.4. The number of pyridine rings is 1. The summed E-state index contributed by atoms with van der Waals surface area (Å²) >= 11 is 0. The molecular weight excluding hydrogens is 458 g/mol. The Morgan fingerprint density at radius 3 is 2.69 bits per heavy atom. The summed E-state index contributed by atoms with van der Waals surface area (Å²) in [6.07, 6.45) is 4.17. The van der Waals surface area contributed by atoms with Crippen LogP contribution < -0.4 is 11.1 Å². The first-order chi connectivity index (χ1) is 17.3. The first-order valence-corrected chi connectivity index (χ1v) is 12.0. The molecule has 1 aromatic carbocycles. The highest BCUT2D eigenvalue weighted by molar-refractivity contribution is 6.09. The molecule has 3 aromatic heterocycles. The van der Waals surface area contributed by atoms with E-state index in [1.165, 1.54) is 0 Å². The van der Waals surface area contributed by atoms with Crippen molar-refractivity contribution in [2.24, 2.45) is 0 Å². The van der Waals surface area contributed by atoms with E-state index in [0.717, 1.165) is 41.5 Å². The molecule has 1 unspecified atom stereocenters. The third-order valence-corrected chi connectivity index (χ3v) is 6.72. The Balaban J connectivity index is 1.55. The van der Waals surface area contributed by atoms with Crippen molar-refractivity contribution in [1.82, 2.24) is 24.7 Å². The van der Waals surface area contributed by atoms with Gasteiger partial charge in [-0.15, -0.1) is 0 Å². The lowest BCUT2D eigenvalue weighted by Crippen LogP contribution is -2.33. The molecule has 4 N–H and O–H groups in total. The van der Waals surface area contributed by atoms with E-state index in [1.54, 1.807) is 13.1 Å². The summed E-state index contributed by atoms with van der Waals surface area (Å²) in [6.45, 7) is 4.63. The minimum absolute atomic E-state index is 0.0436. The summed E-state index contributed by atoms with van der Waals surface area (Å²) in [5, 5.41) is 17.4. The van der Waals surface area contributed by atoms with Crippen LogP contribution in [0, 0.1) is 0 Å². The highest BCUT2D eigenvalue weighted by Gasteiger charge is 2.47. The molecule has 0 radical (unpaired) electrons. The number of hydrogen-bond acceptors (Lipinski definition) is 7. The number of carbonyl (C=O) groups excluding carboxylic acids is 1. The summed E-state index contributed by atoms with van der Waals surface area (Å²) in [5.74, 6) is -0.220. The van der Waals surface area contributed by atoms with Crippen LogP contribution in [0.3, 0.4) is 0 Å². The van der Waals surface area contributed by atoms with Gasteiger partial charge in [0.15, 0.2) is 11.5 Å². The number of carboxylic acids is 1. The second kappa shape index (κ2) is 9.03. The first kappa shape index (κ1) is 23.4. The van der Waals surface area contributed by atoms with Gasteiger partial charge in [-0.25, -0.2) is 19.6 Å². The average Bonchev–Trinajstić information content (AvgIpc) is 3.37. The van der Waals surface area contributed by atoms with Crippen LogP contribution in [0.1, 0.15) is 49.8 Å². The molecule has 1 atom stereocenters. The highest BCUT2D eigenvalue weighted by Crippen LogP contribution is 2.45. The van der Waals surface area contributed by atoms with Gasteiger partial charge in [-0.05, 0) is 43.0 Å². The van der Waals surface area contributed by atoms with Crippen molar-refractivity contribution in [1.29, 1.82) is 0 Å². The summed E-state index contributed by atoms with van der Waals surface area (Å²) < 4.78 is 1.86. The Morgan fingerprint density at radius 1 is 1.19 bits per heavy atom. The van der Waals surface area contributed by atoms with Crippen LogP contribution in [-0.2, 0) is 28.0 Å². The zero-order valence-corrected chi connectivity index (χ0v) is 20.2. The Morgan fingerprint density at radius 2 is 1.97 bits per heavy atom. The van der Waals surface area contributed by atoms with E-state index in [9.17, 15) is 9.59 Å². The molecule has 1 amide bonds. The number of nitrogen functional groups attached to an aromatic ring is 1. The van der Waals surface area contributed by atoms with Gasteiger partial charge in [0, 0.05) is 19.2 Å². The Kier molecular flexibility index (Phi) is 5.87. The number of fused-ring (bicyclic) bond motifs is 2. The van der Waals surface area contributed by atoms with Crippen molar-refractivity contribution in [2.45, 2.75) is 51.5 Å². The molecule has 0 spiro atoms. The van der Waals surface area contributed by atoms with E-state index in [1.807, 2.05) is 41.1 Å². The normalized spacial score (nSPS) is 16.8. The molecule has 5 rings (SSSR count). The molecule has 0 bridgehead atoms. The van der Waals surface area contributed by atoms with E-state index in [-0.39, 0.29) is 18.1 Å². The van der Waals surface area contributed by atoms with Crippen LogP contribution in [-0.4, -0.2) is 41.7 Å². The van der Waals surface area contributed by atoms with Crippen molar-refractivity contribution in [3.05, 3.63) is 59.3 Å². The Hall–Kier alpha value is -4.34. The summed E-state index contributed by atoms with van der Waals surface area (Å²) in [5.41, 5.74) is 8.81. The lowest BCUT2D eigenvalue weighted by molar-refractivity contribution is -0.137. The van der Waals surface area contributed by atoms with Crippen LogP contribution >= 0.6 is 0 Å². The fraction of sp³-hybridized carbons (Fsp3) is 0.308. The second-order valence-electron chi connectivity index (χ2n) is 9.13. The van der Waals surface area contributed by atoms with E-state index in [0.29, 0.717) is 29.3 Å². The summed E-state index contributed by atoms with van der Waals surface area (Å²) in [6, 6.07) is 11.1. The molecule has 10 heteroatoms. The molecule has 1 aliphatic rings. The third kappa shape index (κ3) is 3.84. The predicted molar refractivity (Wildman–Crippen MR) is 135 cm³/mol. The van der Waals surface area contributed by atoms with E-state index < -0.39 is 11.4 Å². The van der Waals surface area contributed by atoms with Crippen molar-refractivity contribution in [3.8, 4) is 11.5 Å². The number of amides is 1. The molecule has 0 saturated carbocycles. The van der Waals surface area contributed by atoms with Crippen molar-refractivity contribution < 1.29 is 14.7 Å². The van der Waals surface area contributed by atoms with Crippen LogP contribution in [0.5, 0.6) is 0 Å². The van der Waals surface area contributed by atoms with Gasteiger partial charge in [-0.1, -0.05) is 37.6 Å². The quantitative estimate of drug-likeness (QED) is 0.343. The van der Waals surface area contributed by atoms with Crippen LogP contribution in [0.4, 0.5) is 11.6 Å². The molecule has 4 aromatic rings. The fourth-order valence-corrected chi connectivity index (χ4v) is 4.68. The third-order valence-electron chi connectivity index (χ3n) is 6.72. The number of benzene rings is 1. The zero-order valence-electron chi connectivity index (χ0n) is 20.2. The fourth-order valence-electron chi connectivity index (χ4n) is 4.68. The minimum atomic E-state index is -1.09. The van der Waals surface area contributed by atoms with Gasteiger partial charge in [-0.2, -0.15) is 5.10 Å². The van der Waals surface area contributed by atoms with E-state index >= 15 is 0 Å². The number of nitrogens with zero attached hydrogens (tertiary/aromatic N) is 5. The highest BCUT2D eigenvalue weighted by atomic mass is 16.4. The first-order valence-electron chi connectivity index (χ1n) is 12.0. The molecule has 0 saturated heterocycles. The molecule has 1 aliphatic heterocycles. The lowest BCUT2D eigenvalue weighted by Gasteiger charge is -2.23. The number of carboxylic acid groups (broad SMARTS) is 1. The predicted octanol–water partition coefficient (Wildman–Crippen LogP) is 3.55. The second-order valence-corrected chi connectivity index (χ2v) is 9.13. The minimum Gasteiger partial charge on any atom is -0.481 e. The molecule has 184 valence electrons. The number of anilines is 2. The number of nitrogens with two attached hydrogens (primary N) is 1. The smallest absolute Gasteiger partial charge is 0.303 e. The van der Waals surface area contributed by atoms with E-state index in [2.05, 4.69) is 27.2 Å². The summed E-state index contributed by atoms with van der Waals surface area (Å²) in [7, 11) is 0. The van der Waals surface area contributed by atoms with Gasteiger partial charge in [0.25, 0.3) is 0 Å². The molecule has 36 heavy (non-hydrogen) atoms. The molecule has 4 heterocycles. The molecule has 10 nitrogen and oxygen atoms in total. The van der Waals surface area contributed by atoms with Crippen LogP contribution in [0.25, 0.3) is 22.6 Å². The van der Waals surface area contributed by atoms with Gasteiger partial charge in [0.1, 0.15) is 22.7 Å². The molecular formula is C26H27N7O3. The number of aryl methyl sites for hydroxylation is 2. The number of aromatic nitrogens is 5. The standard InChI is InChI=1S/C26H27N7O3/c1-3-4-14-33-24-17(6-5-13-28-24)20(32-33)23-29-21(27)19-22(30-23)31-25(36)26(19,2)16-10-7-15(8-11-16)9-12-18(34)35/h5-8,10-11,13H,3-4,9,12,14H2,1-2H3,(H,34,35)(H3,27,29,30,31,36). The number of rotatable bonds is 8. The Labute approximate surface area is 207 Å². The number of aliphatic carboxylic acids is 1.